The summed E-state index contributed by atoms with van der Waals surface area (Å²) in [7, 11) is 1.70. The SMILES string of the molecule is COc1ccccc1CNc1cc(C)nc(N2CCC(C)CC2)n1. The highest BCUT2D eigenvalue weighted by Crippen LogP contribution is 2.23. The number of piperidine rings is 1. The van der Waals surface area contributed by atoms with Crippen LogP contribution in [0.25, 0.3) is 0 Å². The summed E-state index contributed by atoms with van der Waals surface area (Å²) in [4.78, 5) is 11.6. The fourth-order valence-corrected chi connectivity index (χ4v) is 3.03. The van der Waals surface area contributed by atoms with Crippen LogP contribution in [0.4, 0.5) is 11.8 Å². The molecule has 2 heterocycles. The lowest BCUT2D eigenvalue weighted by Gasteiger charge is -2.30. The van der Waals surface area contributed by atoms with Crippen LogP contribution in [0.15, 0.2) is 30.3 Å². The first-order valence-corrected chi connectivity index (χ1v) is 8.62. The van der Waals surface area contributed by atoms with Crippen LogP contribution in [-0.4, -0.2) is 30.2 Å². The molecule has 0 saturated carbocycles. The zero-order valence-corrected chi connectivity index (χ0v) is 14.7. The number of nitrogens with zero attached hydrogens (tertiary/aromatic N) is 3. The maximum absolute atomic E-state index is 5.41. The van der Waals surface area contributed by atoms with Gasteiger partial charge in [0.1, 0.15) is 11.6 Å². The number of benzene rings is 1. The molecule has 1 fully saturated rings. The molecule has 1 aliphatic heterocycles. The molecule has 0 atom stereocenters. The van der Waals surface area contributed by atoms with Crippen LogP contribution in [0, 0.1) is 12.8 Å². The van der Waals surface area contributed by atoms with Crippen molar-refractivity contribution in [1.29, 1.82) is 0 Å². The number of aryl methyl sites for hydroxylation is 1. The standard InChI is InChI=1S/C19H26N4O/c1-14-8-10-23(11-9-14)19-21-15(2)12-18(22-19)20-13-16-6-4-5-7-17(16)24-3/h4-7,12,14H,8-11,13H2,1-3H3,(H,20,21,22). The number of methoxy groups -OCH3 is 1. The molecule has 128 valence electrons. The topological polar surface area (TPSA) is 50.3 Å². The fourth-order valence-electron chi connectivity index (χ4n) is 3.03. The monoisotopic (exact) mass is 326 g/mol. The number of nitrogens with one attached hydrogen (secondary N) is 1. The van der Waals surface area contributed by atoms with Gasteiger partial charge in [0.05, 0.1) is 7.11 Å². The first-order valence-electron chi connectivity index (χ1n) is 8.62. The molecule has 3 rings (SSSR count). The number of rotatable bonds is 5. The van der Waals surface area contributed by atoms with Gasteiger partial charge < -0.3 is 15.0 Å². The number of aromatic nitrogens is 2. The Labute approximate surface area is 144 Å². The van der Waals surface area contributed by atoms with Gasteiger partial charge in [0.2, 0.25) is 5.95 Å². The highest BCUT2D eigenvalue weighted by molar-refractivity contribution is 5.45. The third kappa shape index (κ3) is 3.96. The smallest absolute Gasteiger partial charge is 0.227 e. The second-order valence-electron chi connectivity index (χ2n) is 6.53. The highest BCUT2D eigenvalue weighted by Gasteiger charge is 2.18. The molecule has 5 heteroatoms. The average Bonchev–Trinajstić information content (AvgIpc) is 2.60. The first-order chi connectivity index (χ1) is 11.7. The lowest BCUT2D eigenvalue weighted by atomic mass is 10.00. The summed E-state index contributed by atoms with van der Waals surface area (Å²) in [5.41, 5.74) is 2.10. The Balaban J connectivity index is 1.72. The molecule has 1 saturated heterocycles. The van der Waals surface area contributed by atoms with Gasteiger partial charge in [-0.05, 0) is 31.7 Å². The van der Waals surface area contributed by atoms with Crippen LogP contribution in [-0.2, 0) is 6.54 Å². The van der Waals surface area contributed by atoms with E-state index in [1.165, 1.54) is 12.8 Å². The molecule has 1 aromatic carbocycles. The fraction of sp³-hybridized carbons (Fsp3) is 0.474. The van der Waals surface area contributed by atoms with E-state index < -0.39 is 0 Å². The van der Waals surface area contributed by atoms with Crippen molar-refractivity contribution in [2.75, 3.05) is 30.4 Å². The van der Waals surface area contributed by atoms with Crippen molar-refractivity contribution in [2.45, 2.75) is 33.2 Å². The summed E-state index contributed by atoms with van der Waals surface area (Å²) in [5, 5.41) is 3.41. The van der Waals surface area contributed by atoms with Crippen molar-refractivity contribution < 1.29 is 4.74 Å². The number of anilines is 2. The van der Waals surface area contributed by atoms with Gasteiger partial charge in [-0.2, -0.15) is 4.98 Å². The molecule has 1 aliphatic rings. The summed E-state index contributed by atoms with van der Waals surface area (Å²) < 4.78 is 5.41. The van der Waals surface area contributed by atoms with Crippen LogP contribution >= 0.6 is 0 Å². The lowest BCUT2D eigenvalue weighted by Crippen LogP contribution is -2.34. The Morgan fingerprint density at radius 2 is 1.96 bits per heavy atom. The Kier molecular flexibility index (Phi) is 5.18. The third-order valence-electron chi connectivity index (χ3n) is 4.56. The van der Waals surface area contributed by atoms with Crippen LogP contribution < -0.4 is 15.0 Å². The number of hydrogen-bond donors (Lipinski definition) is 1. The molecular weight excluding hydrogens is 300 g/mol. The zero-order chi connectivity index (χ0) is 16.9. The van der Waals surface area contributed by atoms with Crippen molar-refractivity contribution in [3.05, 3.63) is 41.6 Å². The van der Waals surface area contributed by atoms with Gasteiger partial charge in [-0.25, -0.2) is 4.98 Å². The molecule has 0 radical (unpaired) electrons. The number of ether oxygens (including phenoxy) is 1. The molecule has 24 heavy (non-hydrogen) atoms. The van der Waals surface area contributed by atoms with Gasteiger partial charge in [0, 0.05) is 37.0 Å². The van der Waals surface area contributed by atoms with Crippen molar-refractivity contribution in [2.24, 2.45) is 5.92 Å². The van der Waals surface area contributed by atoms with Gasteiger partial charge >= 0.3 is 0 Å². The molecule has 0 unspecified atom stereocenters. The predicted molar refractivity (Wildman–Crippen MR) is 97.7 cm³/mol. The van der Waals surface area contributed by atoms with E-state index >= 15 is 0 Å². The quantitative estimate of drug-likeness (QED) is 0.909. The van der Waals surface area contributed by atoms with Gasteiger partial charge in [-0.15, -0.1) is 0 Å². The summed E-state index contributed by atoms with van der Waals surface area (Å²) >= 11 is 0. The van der Waals surface area contributed by atoms with Gasteiger partial charge in [-0.1, -0.05) is 25.1 Å². The second-order valence-corrected chi connectivity index (χ2v) is 6.53. The Hall–Kier alpha value is -2.30. The van der Waals surface area contributed by atoms with Gasteiger partial charge in [0.25, 0.3) is 0 Å². The minimum absolute atomic E-state index is 0.678. The average molecular weight is 326 g/mol. The lowest BCUT2D eigenvalue weighted by molar-refractivity contribution is 0.410. The Morgan fingerprint density at radius 1 is 1.21 bits per heavy atom. The minimum Gasteiger partial charge on any atom is -0.496 e. The molecule has 2 aromatic rings. The summed E-state index contributed by atoms with van der Waals surface area (Å²) in [5.74, 6) is 3.39. The molecule has 0 spiro atoms. The van der Waals surface area contributed by atoms with E-state index in [2.05, 4.69) is 28.2 Å². The van der Waals surface area contributed by atoms with Crippen LogP contribution in [0.5, 0.6) is 5.75 Å². The second kappa shape index (κ2) is 7.51. The highest BCUT2D eigenvalue weighted by atomic mass is 16.5. The van der Waals surface area contributed by atoms with E-state index in [-0.39, 0.29) is 0 Å². The van der Waals surface area contributed by atoms with Gasteiger partial charge in [-0.3, -0.25) is 0 Å². The van der Waals surface area contributed by atoms with Crippen molar-refractivity contribution >= 4 is 11.8 Å². The van der Waals surface area contributed by atoms with Crippen molar-refractivity contribution in [3.63, 3.8) is 0 Å². The molecule has 5 nitrogen and oxygen atoms in total. The van der Waals surface area contributed by atoms with Crippen LogP contribution in [0.3, 0.4) is 0 Å². The van der Waals surface area contributed by atoms with Gasteiger partial charge in [0.15, 0.2) is 0 Å². The Bertz CT molecular complexity index is 681. The first kappa shape index (κ1) is 16.6. The minimum atomic E-state index is 0.678. The zero-order valence-electron chi connectivity index (χ0n) is 14.7. The van der Waals surface area contributed by atoms with Crippen LogP contribution in [0.1, 0.15) is 31.0 Å². The molecule has 0 bridgehead atoms. The number of hydrogen-bond acceptors (Lipinski definition) is 5. The van der Waals surface area contributed by atoms with E-state index in [9.17, 15) is 0 Å². The third-order valence-corrected chi connectivity index (χ3v) is 4.56. The molecule has 1 N–H and O–H groups in total. The summed E-state index contributed by atoms with van der Waals surface area (Å²) in [6.07, 6.45) is 2.42. The Morgan fingerprint density at radius 3 is 2.71 bits per heavy atom. The van der Waals surface area contributed by atoms with E-state index in [1.807, 2.05) is 31.2 Å². The molecule has 1 aromatic heterocycles. The van der Waals surface area contributed by atoms with E-state index in [4.69, 9.17) is 9.72 Å². The summed E-state index contributed by atoms with van der Waals surface area (Å²) in [6.45, 7) is 7.09. The van der Waals surface area contributed by atoms with Crippen molar-refractivity contribution in [3.8, 4) is 5.75 Å². The normalized spacial score (nSPS) is 15.4. The van der Waals surface area contributed by atoms with Crippen LogP contribution in [0.2, 0.25) is 0 Å². The largest absolute Gasteiger partial charge is 0.496 e. The van der Waals surface area contributed by atoms with Crippen molar-refractivity contribution in [1.82, 2.24) is 9.97 Å². The number of para-hydroxylation sites is 1. The predicted octanol–water partition coefficient (Wildman–Crippen LogP) is 3.64. The van der Waals surface area contributed by atoms with E-state index in [0.717, 1.165) is 47.8 Å². The van der Waals surface area contributed by atoms with E-state index in [0.29, 0.717) is 6.54 Å². The molecule has 0 amide bonds. The van der Waals surface area contributed by atoms with E-state index in [1.54, 1.807) is 7.11 Å². The molecular formula is C19H26N4O. The summed E-state index contributed by atoms with van der Waals surface area (Å²) in [6, 6.07) is 10.0. The molecule has 0 aliphatic carbocycles. The maximum Gasteiger partial charge on any atom is 0.227 e. The maximum atomic E-state index is 5.41.